The number of carbonyl (C=O) groups is 6. The predicted molar refractivity (Wildman–Crippen MR) is 98.0 cm³/mol. The molecular weight excluding hydrogens is 390 g/mol. The van der Waals surface area contributed by atoms with Crippen molar-refractivity contribution >= 4 is 35.6 Å². The topological polar surface area (TPSA) is 231 Å². The number of primary amides is 1. The van der Waals surface area contributed by atoms with Crippen molar-refractivity contribution in [1.82, 2.24) is 16.0 Å². The number of amides is 4. The molecule has 0 bridgehead atoms. The third kappa shape index (κ3) is 10.6. The zero-order valence-electron chi connectivity index (χ0n) is 16.1. The molecule has 13 nitrogen and oxygen atoms in total. The molecule has 0 aromatic heterocycles. The molecule has 0 aliphatic heterocycles. The van der Waals surface area contributed by atoms with E-state index in [0.29, 0.717) is 0 Å². The van der Waals surface area contributed by atoms with Gasteiger partial charge in [-0.25, -0.2) is 4.79 Å². The highest BCUT2D eigenvalue weighted by molar-refractivity contribution is 5.93. The van der Waals surface area contributed by atoms with Gasteiger partial charge in [-0.2, -0.15) is 0 Å². The molecule has 164 valence electrons. The van der Waals surface area contributed by atoms with Gasteiger partial charge < -0.3 is 37.6 Å². The average molecular weight is 417 g/mol. The normalized spacial score (nSPS) is 13.7. The summed E-state index contributed by atoms with van der Waals surface area (Å²) in [5.74, 6) is -6.29. The van der Waals surface area contributed by atoms with Gasteiger partial charge in [0.15, 0.2) is 0 Å². The summed E-state index contributed by atoms with van der Waals surface area (Å²) in [6, 6.07) is -3.86. The first-order valence-electron chi connectivity index (χ1n) is 8.71. The summed E-state index contributed by atoms with van der Waals surface area (Å²) in [6.45, 7) is 2.54. The Balaban J connectivity index is 4.95. The van der Waals surface area contributed by atoms with Crippen LogP contribution in [-0.4, -0.2) is 70.5 Å². The molecule has 0 saturated carbocycles. The molecule has 0 fully saturated rings. The van der Waals surface area contributed by atoms with Crippen LogP contribution in [0.15, 0.2) is 0 Å². The second-order valence-corrected chi connectivity index (χ2v) is 6.62. The van der Waals surface area contributed by atoms with E-state index in [1.807, 2.05) is 0 Å². The van der Waals surface area contributed by atoms with E-state index in [9.17, 15) is 28.8 Å². The summed E-state index contributed by atoms with van der Waals surface area (Å²) in [4.78, 5) is 68.7. The minimum Gasteiger partial charge on any atom is -0.481 e. The predicted octanol–water partition coefficient (Wildman–Crippen LogP) is -3.12. The van der Waals surface area contributed by atoms with Crippen LogP contribution in [0.1, 0.15) is 33.1 Å². The minimum atomic E-state index is -1.36. The van der Waals surface area contributed by atoms with E-state index in [1.54, 1.807) is 13.8 Å². The Morgan fingerprint density at radius 2 is 1.55 bits per heavy atom. The van der Waals surface area contributed by atoms with Crippen LogP contribution in [-0.2, 0) is 28.8 Å². The Bertz CT molecular complexity index is 651. The molecule has 13 heteroatoms. The molecule has 3 unspecified atom stereocenters. The lowest BCUT2D eigenvalue weighted by molar-refractivity contribution is -0.143. The molecule has 0 rings (SSSR count). The molecule has 29 heavy (non-hydrogen) atoms. The molecule has 0 aliphatic rings. The maximum Gasteiger partial charge on any atom is 0.326 e. The smallest absolute Gasteiger partial charge is 0.326 e. The van der Waals surface area contributed by atoms with Gasteiger partial charge in [0.05, 0.1) is 19.0 Å². The number of carbonyl (C=O) groups excluding carboxylic acids is 4. The quantitative estimate of drug-likeness (QED) is 0.160. The number of nitrogens with two attached hydrogens (primary N) is 2. The van der Waals surface area contributed by atoms with E-state index in [4.69, 9.17) is 21.7 Å². The zero-order chi connectivity index (χ0) is 22.7. The Kier molecular flexibility index (Phi) is 10.9. The van der Waals surface area contributed by atoms with Gasteiger partial charge in [-0.3, -0.25) is 24.0 Å². The Labute approximate surface area is 166 Å². The number of carboxylic acid groups (broad SMARTS) is 2. The second kappa shape index (κ2) is 12.3. The van der Waals surface area contributed by atoms with Gasteiger partial charge in [0.1, 0.15) is 12.1 Å². The first-order valence-corrected chi connectivity index (χ1v) is 8.71. The van der Waals surface area contributed by atoms with Gasteiger partial charge in [0.25, 0.3) is 0 Å². The van der Waals surface area contributed by atoms with E-state index in [0.717, 1.165) is 0 Å². The van der Waals surface area contributed by atoms with Gasteiger partial charge in [-0.15, -0.1) is 0 Å². The van der Waals surface area contributed by atoms with E-state index >= 15 is 0 Å². The van der Waals surface area contributed by atoms with Gasteiger partial charge in [-0.1, -0.05) is 13.8 Å². The SMILES string of the molecule is CC(C)C(NC(=O)C(CCC(N)=O)NC(=O)CNC(=O)C(N)CC(=O)O)C(=O)O. The van der Waals surface area contributed by atoms with Crippen LogP contribution >= 0.6 is 0 Å². The number of rotatable bonds is 13. The average Bonchev–Trinajstić information content (AvgIpc) is 2.59. The van der Waals surface area contributed by atoms with Crippen LogP contribution in [0.3, 0.4) is 0 Å². The lowest BCUT2D eigenvalue weighted by atomic mass is 10.0. The third-order valence-corrected chi connectivity index (χ3v) is 3.72. The van der Waals surface area contributed by atoms with Crippen molar-refractivity contribution in [3.05, 3.63) is 0 Å². The molecule has 0 spiro atoms. The van der Waals surface area contributed by atoms with Crippen LogP contribution in [0.2, 0.25) is 0 Å². The maximum atomic E-state index is 12.4. The zero-order valence-corrected chi connectivity index (χ0v) is 16.1. The molecule has 4 amide bonds. The van der Waals surface area contributed by atoms with Crippen molar-refractivity contribution in [2.75, 3.05) is 6.54 Å². The van der Waals surface area contributed by atoms with Crippen molar-refractivity contribution < 1.29 is 39.0 Å². The van der Waals surface area contributed by atoms with Gasteiger partial charge in [-0.05, 0) is 12.3 Å². The van der Waals surface area contributed by atoms with E-state index < -0.39 is 72.6 Å². The van der Waals surface area contributed by atoms with Crippen molar-refractivity contribution in [2.45, 2.75) is 51.2 Å². The molecule has 3 atom stereocenters. The third-order valence-electron chi connectivity index (χ3n) is 3.72. The Morgan fingerprint density at radius 3 is 2.00 bits per heavy atom. The maximum absolute atomic E-state index is 12.4. The van der Waals surface area contributed by atoms with E-state index in [-0.39, 0.29) is 12.8 Å². The fraction of sp³-hybridized carbons (Fsp3) is 0.625. The number of hydrogen-bond donors (Lipinski definition) is 7. The standard InChI is InChI=1S/C16H27N5O8/c1-7(2)13(16(28)29)21-15(27)9(3-4-10(18)22)20-11(23)6-19-14(26)8(17)5-12(24)25/h7-9,13H,3-6,17H2,1-2H3,(H2,18,22)(H,19,26)(H,20,23)(H,21,27)(H,24,25)(H,28,29). The van der Waals surface area contributed by atoms with Crippen molar-refractivity contribution in [3.8, 4) is 0 Å². The summed E-state index contributed by atoms with van der Waals surface area (Å²) in [5.41, 5.74) is 10.4. The van der Waals surface area contributed by atoms with Crippen molar-refractivity contribution in [3.63, 3.8) is 0 Å². The fourth-order valence-electron chi connectivity index (χ4n) is 2.15. The number of carboxylic acids is 2. The van der Waals surface area contributed by atoms with Gasteiger partial charge >= 0.3 is 11.9 Å². The van der Waals surface area contributed by atoms with E-state index in [2.05, 4.69) is 16.0 Å². The molecule has 0 radical (unpaired) electrons. The molecule has 0 aromatic carbocycles. The lowest BCUT2D eigenvalue weighted by Crippen LogP contribution is -2.55. The summed E-state index contributed by atoms with van der Waals surface area (Å²) in [7, 11) is 0. The Hall–Kier alpha value is -3.22. The highest BCUT2D eigenvalue weighted by atomic mass is 16.4. The van der Waals surface area contributed by atoms with Gasteiger partial charge in [0.2, 0.25) is 23.6 Å². The van der Waals surface area contributed by atoms with Crippen LogP contribution in [0.25, 0.3) is 0 Å². The molecule has 0 heterocycles. The lowest BCUT2D eigenvalue weighted by Gasteiger charge is -2.23. The minimum absolute atomic E-state index is 0.191. The summed E-state index contributed by atoms with van der Waals surface area (Å²) < 4.78 is 0. The van der Waals surface area contributed by atoms with Crippen molar-refractivity contribution in [1.29, 1.82) is 0 Å². The summed E-state index contributed by atoms with van der Waals surface area (Å²) in [6.07, 6.45) is -1.08. The number of hydrogen-bond acceptors (Lipinski definition) is 7. The molecule has 0 aromatic rings. The first kappa shape index (κ1) is 25.8. The number of nitrogens with one attached hydrogen (secondary N) is 3. The Morgan fingerprint density at radius 1 is 0.966 bits per heavy atom. The molecule has 0 aliphatic carbocycles. The van der Waals surface area contributed by atoms with Crippen LogP contribution in [0, 0.1) is 5.92 Å². The summed E-state index contributed by atoms with van der Waals surface area (Å²) in [5, 5.41) is 24.4. The first-order chi connectivity index (χ1) is 13.3. The monoisotopic (exact) mass is 417 g/mol. The van der Waals surface area contributed by atoms with Crippen LogP contribution in [0.4, 0.5) is 0 Å². The largest absolute Gasteiger partial charge is 0.481 e. The molecule has 9 N–H and O–H groups in total. The van der Waals surface area contributed by atoms with Gasteiger partial charge in [0, 0.05) is 6.42 Å². The number of aliphatic carboxylic acids is 2. The highest BCUT2D eigenvalue weighted by Gasteiger charge is 2.29. The molecule has 0 saturated heterocycles. The highest BCUT2D eigenvalue weighted by Crippen LogP contribution is 2.04. The fourth-order valence-corrected chi connectivity index (χ4v) is 2.15. The molecular formula is C16H27N5O8. The second-order valence-electron chi connectivity index (χ2n) is 6.62. The van der Waals surface area contributed by atoms with Crippen molar-refractivity contribution in [2.24, 2.45) is 17.4 Å². The van der Waals surface area contributed by atoms with Crippen LogP contribution in [0.5, 0.6) is 0 Å². The van der Waals surface area contributed by atoms with Crippen LogP contribution < -0.4 is 27.4 Å². The van der Waals surface area contributed by atoms with E-state index in [1.165, 1.54) is 0 Å². The summed E-state index contributed by atoms with van der Waals surface area (Å²) >= 11 is 0.